The Morgan fingerprint density at radius 1 is 0.370 bits per heavy atom. The van der Waals surface area contributed by atoms with Crippen LogP contribution in [0.25, 0.3) is 0 Å². The van der Waals surface area contributed by atoms with Crippen LogP contribution in [0.1, 0.15) is 11.1 Å². The van der Waals surface area contributed by atoms with E-state index in [2.05, 4.69) is 121 Å². The Balaban J connectivity index is 1.90. The van der Waals surface area contributed by atoms with Crippen molar-refractivity contribution in [1.29, 1.82) is 0 Å². The van der Waals surface area contributed by atoms with Gasteiger partial charge < -0.3 is 0 Å². The van der Waals surface area contributed by atoms with Crippen molar-refractivity contribution in [2.24, 2.45) is 0 Å². The molecule has 1 heteroatoms. The van der Waals surface area contributed by atoms with Crippen LogP contribution in [-0.4, -0.2) is 13.6 Å². The fourth-order valence-electron chi connectivity index (χ4n) is 3.79. The van der Waals surface area contributed by atoms with Gasteiger partial charge in [0.15, 0.2) is 0 Å². The molecule has 0 aliphatic rings. The van der Waals surface area contributed by atoms with Gasteiger partial charge in [0.1, 0.15) is 0 Å². The van der Waals surface area contributed by atoms with E-state index in [-0.39, 0.29) is 0 Å². The summed E-state index contributed by atoms with van der Waals surface area (Å²) in [6.45, 7) is 0. The topological polar surface area (TPSA) is 0 Å². The third-order valence-corrected chi connectivity index (χ3v) is 14.3. The van der Waals surface area contributed by atoms with Gasteiger partial charge in [0, 0.05) is 0 Å². The van der Waals surface area contributed by atoms with Gasteiger partial charge in [-0.15, -0.1) is 0 Å². The Kier molecular flexibility index (Phi) is 5.56. The molecule has 0 bridgehead atoms. The molecule has 0 saturated carbocycles. The van der Waals surface area contributed by atoms with Crippen LogP contribution in [0.4, 0.5) is 0 Å². The van der Waals surface area contributed by atoms with Crippen molar-refractivity contribution >= 4 is 22.3 Å². The van der Waals surface area contributed by atoms with Crippen molar-refractivity contribution in [3.8, 4) is 0 Å². The van der Waals surface area contributed by atoms with Gasteiger partial charge in [-0.3, -0.25) is 0 Å². The molecule has 0 atom stereocenters. The number of hydrogen-bond acceptors (Lipinski definition) is 0. The molecule has 0 fully saturated rings. The van der Waals surface area contributed by atoms with E-state index in [1.165, 1.54) is 19.8 Å². The van der Waals surface area contributed by atoms with Gasteiger partial charge in [-0.25, -0.2) is 0 Å². The molecule has 0 nitrogen and oxygen atoms in total. The minimum atomic E-state index is -2.49. The zero-order valence-corrected chi connectivity index (χ0v) is 17.3. The zero-order chi connectivity index (χ0) is 18.4. The van der Waals surface area contributed by atoms with Crippen molar-refractivity contribution in [1.82, 2.24) is 0 Å². The minimum absolute atomic E-state index is 1.14. The third kappa shape index (κ3) is 4.07. The van der Waals surface area contributed by atoms with Crippen LogP contribution in [0.3, 0.4) is 0 Å². The van der Waals surface area contributed by atoms with Crippen LogP contribution in [-0.2, 0) is 10.4 Å². The summed E-state index contributed by atoms with van der Waals surface area (Å²) < 4.78 is 3.07. The third-order valence-electron chi connectivity index (χ3n) is 5.09. The van der Waals surface area contributed by atoms with Gasteiger partial charge in [0.05, 0.1) is 0 Å². The van der Waals surface area contributed by atoms with E-state index in [4.69, 9.17) is 0 Å². The van der Waals surface area contributed by atoms with Crippen LogP contribution >= 0.6 is 0 Å². The van der Waals surface area contributed by atoms with Crippen molar-refractivity contribution in [2.45, 2.75) is 10.4 Å². The fraction of sp³-hybridized carbons (Fsp3) is 0.0769. The molecule has 132 valence electrons. The Hall–Kier alpha value is -2.56. The fourth-order valence-corrected chi connectivity index (χ4v) is 12.8. The molecule has 0 N–H and O–H groups in total. The molecule has 0 aromatic heterocycles. The summed E-state index contributed by atoms with van der Waals surface area (Å²) in [5, 5.41) is 2.28. The Morgan fingerprint density at radius 3 is 1.00 bits per heavy atom. The second-order valence-electron chi connectivity index (χ2n) is 6.93. The molecule has 0 heterocycles. The normalized spacial score (nSPS) is 11.3. The number of rotatable bonds is 6. The Bertz CT molecular complexity index is 865. The number of hydrogen-bond donors (Lipinski definition) is 0. The molecular formula is C26H24As+. The summed E-state index contributed by atoms with van der Waals surface area (Å²) in [5.41, 5.74) is 2.88. The first-order valence-corrected chi connectivity index (χ1v) is 14.0. The molecule has 4 aromatic carbocycles. The molecule has 4 rings (SSSR count). The molecule has 0 unspecified atom stereocenters. The zero-order valence-electron chi connectivity index (χ0n) is 15.4. The van der Waals surface area contributed by atoms with E-state index in [0.29, 0.717) is 0 Å². The van der Waals surface area contributed by atoms with Gasteiger partial charge in [-0.1, -0.05) is 0 Å². The quantitative estimate of drug-likeness (QED) is 0.400. The SMILES string of the molecule is c1ccc(C[As+](Cc2ccccc2)(c2ccccc2)c2ccccc2)cc1. The predicted molar refractivity (Wildman–Crippen MR) is 118 cm³/mol. The van der Waals surface area contributed by atoms with Gasteiger partial charge in [-0.05, 0) is 0 Å². The second-order valence-corrected chi connectivity index (χ2v) is 14.5. The second kappa shape index (κ2) is 8.42. The maximum absolute atomic E-state index is 2.49. The van der Waals surface area contributed by atoms with E-state index < -0.39 is 13.6 Å². The van der Waals surface area contributed by atoms with Crippen LogP contribution < -0.4 is 8.70 Å². The summed E-state index contributed by atoms with van der Waals surface area (Å²) in [4.78, 5) is 0. The van der Waals surface area contributed by atoms with Crippen LogP contribution in [0, 0.1) is 0 Å². The Morgan fingerprint density at radius 2 is 0.667 bits per heavy atom. The molecule has 0 aliphatic heterocycles. The van der Waals surface area contributed by atoms with E-state index in [9.17, 15) is 0 Å². The molecule has 4 aromatic rings. The summed E-state index contributed by atoms with van der Waals surface area (Å²) >= 11 is -2.49. The summed E-state index contributed by atoms with van der Waals surface area (Å²) in [6.07, 6.45) is 0. The first-order chi connectivity index (χ1) is 13.4. The Labute approximate surface area is 165 Å². The first kappa shape index (κ1) is 17.8. The van der Waals surface area contributed by atoms with E-state index in [1.54, 1.807) is 0 Å². The van der Waals surface area contributed by atoms with Crippen molar-refractivity contribution in [3.63, 3.8) is 0 Å². The summed E-state index contributed by atoms with van der Waals surface area (Å²) in [7, 11) is 0. The summed E-state index contributed by atoms with van der Waals surface area (Å²) in [6, 6.07) is 44.5. The first-order valence-electron chi connectivity index (χ1n) is 9.43. The molecular weight excluding hydrogens is 387 g/mol. The van der Waals surface area contributed by atoms with Gasteiger partial charge in [-0.2, -0.15) is 0 Å². The average Bonchev–Trinajstić information content (AvgIpc) is 2.76. The molecule has 27 heavy (non-hydrogen) atoms. The average molecular weight is 411 g/mol. The van der Waals surface area contributed by atoms with E-state index in [0.717, 1.165) is 10.4 Å². The van der Waals surface area contributed by atoms with Crippen molar-refractivity contribution in [3.05, 3.63) is 132 Å². The molecule has 0 spiro atoms. The molecule has 0 saturated heterocycles. The van der Waals surface area contributed by atoms with Gasteiger partial charge in [0.2, 0.25) is 0 Å². The van der Waals surface area contributed by atoms with Crippen molar-refractivity contribution in [2.75, 3.05) is 0 Å². The maximum atomic E-state index is 2.35. The standard InChI is InChI=1S/C26H24As/c1-5-13-23(14-6-1)21-27(25-17-9-3-10-18-25,26-19-11-4-12-20-26)22-24-15-7-2-8-16-24/h1-20H,21-22H2/q+1. The van der Waals surface area contributed by atoms with E-state index in [1.807, 2.05) is 0 Å². The predicted octanol–water partition coefficient (Wildman–Crippen LogP) is 4.81. The van der Waals surface area contributed by atoms with Crippen molar-refractivity contribution < 1.29 is 0 Å². The van der Waals surface area contributed by atoms with Gasteiger partial charge >= 0.3 is 165 Å². The van der Waals surface area contributed by atoms with Crippen LogP contribution in [0.5, 0.6) is 0 Å². The van der Waals surface area contributed by atoms with Crippen LogP contribution in [0.2, 0.25) is 0 Å². The summed E-state index contributed by atoms with van der Waals surface area (Å²) in [5.74, 6) is 0. The molecule has 0 radical (unpaired) electrons. The number of benzene rings is 4. The monoisotopic (exact) mass is 411 g/mol. The van der Waals surface area contributed by atoms with Crippen LogP contribution in [0.15, 0.2) is 121 Å². The van der Waals surface area contributed by atoms with E-state index >= 15 is 0 Å². The molecule has 0 aliphatic carbocycles. The van der Waals surface area contributed by atoms with Gasteiger partial charge in [0.25, 0.3) is 0 Å². The molecule has 0 amide bonds.